The fourth-order valence-corrected chi connectivity index (χ4v) is 11.1. The van der Waals surface area contributed by atoms with Gasteiger partial charge in [0, 0.05) is 26.5 Å². The lowest BCUT2D eigenvalue weighted by molar-refractivity contribution is 0.723. The lowest BCUT2D eigenvalue weighted by Gasteiger charge is -2.40. The lowest BCUT2D eigenvalue weighted by atomic mass is 9.67. The van der Waals surface area contributed by atoms with Crippen LogP contribution in [-0.4, -0.2) is 9.97 Å². The average molecular weight is 781 g/mol. The van der Waals surface area contributed by atoms with Gasteiger partial charge in [-0.05, 0) is 78.5 Å². The van der Waals surface area contributed by atoms with E-state index in [4.69, 9.17) is 9.97 Å². The number of nitrogens with zero attached hydrogens (tertiary/aromatic N) is 2. The average Bonchev–Trinajstić information content (AvgIpc) is 3.62. The number of benzene rings is 9. The normalized spacial score (nSPS) is 13.1. The number of hydrogen-bond acceptors (Lipinski definition) is 3. The van der Waals surface area contributed by atoms with Gasteiger partial charge in [0.15, 0.2) is 5.82 Å². The van der Waals surface area contributed by atoms with E-state index in [1.807, 2.05) is 17.8 Å². The van der Waals surface area contributed by atoms with Crippen LogP contribution in [0.15, 0.2) is 228 Å². The molecule has 0 unspecified atom stereocenters. The number of fused-ring (bicyclic) bond motifs is 10. The third-order valence-corrected chi connectivity index (χ3v) is 13.6. The van der Waals surface area contributed by atoms with Crippen molar-refractivity contribution in [3.63, 3.8) is 0 Å². The van der Waals surface area contributed by atoms with Crippen molar-refractivity contribution in [2.75, 3.05) is 0 Å². The molecule has 0 bridgehead atoms. The summed E-state index contributed by atoms with van der Waals surface area (Å²) < 4.78 is 0. The molecule has 1 aliphatic heterocycles. The molecule has 0 fully saturated rings. The van der Waals surface area contributed by atoms with Crippen LogP contribution in [-0.2, 0) is 5.41 Å². The van der Waals surface area contributed by atoms with Crippen LogP contribution in [0.4, 0.5) is 0 Å². The predicted octanol–water partition coefficient (Wildman–Crippen LogP) is 14.8. The Kier molecular flexibility index (Phi) is 8.04. The molecule has 1 aromatic heterocycles. The molecule has 1 aliphatic carbocycles. The fourth-order valence-electron chi connectivity index (χ4n) is 9.77. The quantitative estimate of drug-likeness (QED) is 0.174. The van der Waals surface area contributed by atoms with Gasteiger partial charge in [-0.25, -0.2) is 9.97 Å². The van der Waals surface area contributed by atoms with E-state index in [2.05, 4.69) is 212 Å². The molecule has 1 spiro atoms. The van der Waals surface area contributed by atoms with Crippen molar-refractivity contribution < 1.29 is 0 Å². The van der Waals surface area contributed by atoms with E-state index in [1.165, 1.54) is 70.8 Å². The van der Waals surface area contributed by atoms with Crippen molar-refractivity contribution in [2.24, 2.45) is 0 Å². The Balaban J connectivity index is 0.998. The second-order valence-corrected chi connectivity index (χ2v) is 16.7. The highest BCUT2D eigenvalue weighted by atomic mass is 32.2. The number of hydrogen-bond donors (Lipinski definition) is 0. The minimum Gasteiger partial charge on any atom is -0.228 e. The molecule has 0 radical (unpaired) electrons. The second kappa shape index (κ2) is 13.9. The maximum absolute atomic E-state index is 5.33. The summed E-state index contributed by atoms with van der Waals surface area (Å²) in [6.45, 7) is 0. The van der Waals surface area contributed by atoms with Crippen molar-refractivity contribution in [1.29, 1.82) is 0 Å². The van der Waals surface area contributed by atoms with E-state index < -0.39 is 5.41 Å². The Labute approximate surface area is 353 Å². The molecule has 9 aromatic carbocycles. The topological polar surface area (TPSA) is 25.8 Å². The summed E-state index contributed by atoms with van der Waals surface area (Å²) in [6, 6.07) is 79.0. The number of rotatable bonds is 5. The highest BCUT2D eigenvalue weighted by Crippen LogP contribution is 2.63. The molecule has 280 valence electrons. The molecule has 2 heterocycles. The van der Waals surface area contributed by atoms with Gasteiger partial charge < -0.3 is 0 Å². The number of aromatic nitrogens is 2. The molecule has 60 heavy (non-hydrogen) atoms. The highest BCUT2D eigenvalue weighted by Gasteiger charge is 2.50. The van der Waals surface area contributed by atoms with Crippen LogP contribution >= 0.6 is 11.8 Å². The summed E-state index contributed by atoms with van der Waals surface area (Å²) in [5.74, 6) is 0.700. The maximum atomic E-state index is 5.33. The van der Waals surface area contributed by atoms with Gasteiger partial charge in [-0.3, -0.25) is 0 Å². The first-order valence-corrected chi connectivity index (χ1v) is 21.3. The lowest BCUT2D eigenvalue weighted by Crippen LogP contribution is -2.32. The molecule has 2 nitrogen and oxygen atoms in total. The summed E-state index contributed by atoms with van der Waals surface area (Å²) in [5.41, 5.74) is 17.3. The Morgan fingerprint density at radius 3 is 1.53 bits per heavy atom. The Morgan fingerprint density at radius 1 is 0.317 bits per heavy atom. The third-order valence-electron chi connectivity index (χ3n) is 12.4. The monoisotopic (exact) mass is 780 g/mol. The van der Waals surface area contributed by atoms with Gasteiger partial charge in [0.1, 0.15) is 0 Å². The van der Waals surface area contributed by atoms with E-state index in [9.17, 15) is 0 Å². The van der Waals surface area contributed by atoms with Gasteiger partial charge >= 0.3 is 0 Å². The van der Waals surface area contributed by atoms with Gasteiger partial charge in [0.05, 0.1) is 16.8 Å². The fraction of sp³-hybridized carbons (Fsp3) is 0.0175. The minimum absolute atomic E-state index is 0.411. The van der Waals surface area contributed by atoms with Crippen LogP contribution in [0.25, 0.3) is 78.1 Å². The van der Waals surface area contributed by atoms with Crippen molar-refractivity contribution in [3.05, 3.63) is 241 Å². The Hall–Kier alpha value is -7.33. The Bertz CT molecular complexity index is 3240. The summed E-state index contributed by atoms with van der Waals surface area (Å²) in [4.78, 5) is 13.1. The first-order chi connectivity index (χ1) is 29.8. The zero-order valence-electron chi connectivity index (χ0n) is 32.6. The zero-order chi connectivity index (χ0) is 39.6. The van der Waals surface area contributed by atoms with Gasteiger partial charge in [0.2, 0.25) is 0 Å². The molecule has 0 saturated heterocycles. The molecular formula is C57H36N2S. The van der Waals surface area contributed by atoms with Crippen molar-refractivity contribution in [2.45, 2.75) is 15.2 Å². The smallest absolute Gasteiger partial charge is 0.160 e. The minimum atomic E-state index is -0.411. The summed E-state index contributed by atoms with van der Waals surface area (Å²) >= 11 is 1.89. The van der Waals surface area contributed by atoms with Crippen LogP contribution in [0.5, 0.6) is 0 Å². The summed E-state index contributed by atoms with van der Waals surface area (Å²) in [7, 11) is 0. The molecule has 0 amide bonds. The molecule has 2 aliphatic rings. The predicted molar refractivity (Wildman–Crippen MR) is 248 cm³/mol. The van der Waals surface area contributed by atoms with Crippen LogP contribution < -0.4 is 0 Å². The van der Waals surface area contributed by atoms with E-state index >= 15 is 0 Å². The second-order valence-electron chi connectivity index (χ2n) is 15.6. The first kappa shape index (κ1) is 34.7. The van der Waals surface area contributed by atoms with E-state index in [0.29, 0.717) is 5.82 Å². The third kappa shape index (κ3) is 5.29. The molecule has 0 saturated carbocycles. The van der Waals surface area contributed by atoms with Crippen molar-refractivity contribution in [3.8, 4) is 67.3 Å². The van der Waals surface area contributed by atoms with E-state index in [0.717, 1.165) is 33.5 Å². The first-order valence-electron chi connectivity index (χ1n) is 20.5. The standard InChI is InChI=1S/C57H36N2S/c1-3-16-37(17-4-1)41-34-35-47(44-21-8-7-20-43(41)44)53-36-52(39-18-5-2-6-19-39)58-56(59-53)40-32-30-38(31-33-40)42-24-15-28-51-55(42)60-54-29-14-13-27-50(54)57(51)48-25-11-9-22-45(48)46-23-10-12-26-49(46)57/h1-36H. The van der Waals surface area contributed by atoms with Crippen LogP contribution in [0.3, 0.4) is 0 Å². The molecule has 3 heteroatoms. The van der Waals surface area contributed by atoms with E-state index in [1.54, 1.807) is 0 Å². The zero-order valence-corrected chi connectivity index (χ0v) is 33.4. The van der Waals surface area contributed by atoms with Crippen molar-refractivity contribution in [1.82, 2.24) is 9.97 Å². The van der Waals surface area contributed by atoms with Gasteiger partial charge in [-0.15, -0.1) is 0 Å². The Morgan fingerprint density at radius 2 is 0.817 bits per heavy atom. The van der Waals surface area contributed by atoms with Gasteiger partial charge in [-0.1, -0.05) is 218 Å². The summed E-state index contributed by atoms with van der Waals surface area (Å²) in [5, 5.41) is 2.36. The molecule has 10 aromatic rings. The van der Waals surface area contributed by atoms with E-state index in [-0.39, 0.29) is 0 Å². The largest absolute Gasteiger partial charge is 0.228 e. The maximum Gasteiger partial charge on any atom is 0.160 e. The molecule has 0 N–H and O–H groups in total. The van der Waals surface area contributed by atoms with Crippen molar-refractivity contribution >= 4 is 22.5 Å². The van der Waals surface area contributed by atoms with Crippen LogP contribution in [0.2, 0.25) is 0 Å². The van der Waals surface area contributed by atoms with Crippen LogP contribution in [0, 0.1) is 0 Å². The molecular weight excluding hydrogens is 745 g/mol. The van der Waals surface area contributed by atoms with Gasteiger partial charge in [0.25, 0.3) is 0 Å². The summed E-state index contributed by atoms with van der Waals surface area (Å²) in [6.07, 6.45) is 0. The van der Waals surface area contributed by atoms with Crippen LogP contribution in [0.1, 0.15) is 22.3 Å². The molecule has 12 rings (SSSR count). The van der Waals surface area contributed by atoms with Gasteiger partial charge in [-0.2, -0.15) is 0 Å². The molecule has 0 atom stereocenters. The highest BCUT2D eigenvalue weighted by molar-refractivity contribution is 7.99. The SMILES string of the molecule is c1ccc(-c2cc(-c3ccc(-c4ccccc4)c4ccccc34)nc(-c3ccc(-c4cccc5c4Sc4ccccc4C54c5ccccc5-c5ccccc54)cc3)n2)cc1.